The third-order valence-electron chi connectivity index (χ3n) is 4.65. The van der Waals surface area contributed by atoms with Crippen LogP contribution in [0, 0.1) is 0 Å². The molecule has 0 aliphatic carbocycles. The SMILES string of the molecule is Brc1ccc2c(c1)[nH]c1cc(-c3ccccc3)c3ccccc3c12. The van der Waals surface area contributed by atoms with Crippen LogP contribution in [0.1, 0.15) is 0 Å². The number of benzene rings is 4. The predicted molar refractivity (Wildman–Crippen MR) is 106 cm³/mol. The molecule has 2 heteroatoms. The minimum Gasteiger partial charge on any atom is -0.354 e. The van der Waals surface area contributed by atoms with Gasteiger partial charge in [0, 0.05) is 26.3 Å². The van der Waals surface area contributed by atoms with Gasteiger partial charge in [-0.05, 0) is 40.1 Å². The van der Waals surface area contributed by atoms with Crippen molar-refractivity contribution in [3.63, 3.8) is 0 Å². The number of aromatic nitrogens is 1. The molecule has 114 valence electrons. The van der Waals surface area contributed by atoms with Gasteiger partial charge in [-0.3, -0.25) is 0 Å². The normalized spacial score (nSPS) is 11.5. The minimum absolute atomic E-state index is 1.09. The molecule has 0 atom stereocenters. The molecule has 1 aromatic heterocycles. The Morgan fingerprint density at radius 1 is 0.625 bits per heavy atom. The number of hydrogen-bond donors (Lipinski definition) is 1. The Morgan fingerprint density at radius 2 is 1.38 bits per heavy atom. The monoisotopic (exact) mass is 371 g/mol. The van der Waals surface area contributed by atoms with Crippen molar-refractivity contribution in [3.05, 3.63) is 83.3 Å². The second kappa shape index (κ2) is 5.22. The van der Waals surface area contributed by atoms with Gasteiger partial charge in [0.2, 0.25) is 0 Å². The van der Waals surface area contributed by atoms with E-state index in [0.29, 0.717) is 0 Å². The zero-order valence-electron chi connectivity index (χ0n) is 12.9. The largest absolute Gasteiger partial charge is 0.354 e. The summed E-state index contributed by atoms with van der Waals surface area (Å²) in [6, 6.07) is 28.0. The molecule has 0 saturated heterocycles. The third-order valence-corrected chi connectivity index (χ3v) is 5.14. The van der Waals surface area contributed by atoms with Crippen LogP contribution in [0.25, 0.3) is 43.7 Å². The first-order valence-electron chi connectivity index (χ1n) is 7.99. The highest BCUT2D eigenvalue weighted by atomic mass is 79.9. The van der Waals surface area contributed by atoms with Crippen LogP contribution in [0.5, 0.6) is 0 Å². The lowest BCUT2D eigenvalue weighted by atomic mass is 9.95. The fourth-order valence-corrected chi connectivity index (χ4v) is 3.96. The van der Waals surface area contributed by atoms with E-state index in [2.05, 4.69) is 99.8 Å². The lowest BCUT2D eigenvalue weighted by molar-refractivity contribution is 1.54. The summed E-state index contributed by atoms with van der Waals surface area (Å²) in [5, 5.41) is 5.15. The van der Waals surface area contributed by atoms with Gasteiger partial charge in [-0.1, -0.05) is 76.6 Å². The van der Waals surface area contributed by atoms with Crippen molar-refractivity contribution in [2.45, 2.75) is 0 Å². The van der Waals surface area contributed by atoms with Gasteiger partial charge in [-0.2, -0.15) is 0 Å². The van der Waals surface area contributed by atoms with Gasteiger partial charge in [-0.25, -0.2) is 0 Å². The summed E-state index contributed by atoms with van der Waals surface area (Å²) < 4.78 is 1.09. The molecule has 1 heterocycles. The average Bonchev–Trinajstić information content (AvgIpc) is 2.99. The van der Waals surface area contributed by atoms with Crippen molar-refractivity contribution in [1.82, 2.24) is 4.98 Å². The zero-order chi connectivity index (χ0) is 16.1. The van der Waals surface area contributed by atoms with E-state index in [9.17, 15) is 0 Å². The number of fused-ring (bicyclic) bond motifs is 5. The summed E-state index contributed by atoms with van der Waals surface area (Å²) in [4.78, 5) is 3.59. The number of hydrogen-bond acceptors (Lipinski definition) is 0. The molecular weight excluding hydrogens is 358 g/mol. The number of halogens is 1. The molecule has 0 spiro atoms. The maximum Gasteiger partial charge on any atom is 0.0477 e. The van der Waals surface area contributed by atoms with E-state index >= 15 is 0 Å². The highest BCUT2D eigenvalue weighted by Crippen LogP contribution is 2.38. The zero-order valence-corrected chi connectivity index (χ0v) is 14.5. The molecule has 1 N–H and O–H groups in total. The van der Waals surface area contributed by atoms with Gasteiger partial charge in [0.25, 0.3) is 0 Å². The van der Waals surface area contributed by atoms with Crippen LogP contribution in [0.3, 0.4) is 0 Å². The Balaban J connectivity index is 2.00. The molecule has 0 fully saturated rings. The molecule has 5 rings (SSSR count). The van der Waals surface area contributed by atoms with Crippen molar-refractivity contribution < 1.29 is 0 Å². The molecule has 0 aliphatic rings. The Hall–Kier alpha value is -2.58. The van der Waals surface area contributed by atoms with Crippen LogP contribution in [0.15, 0.2) is 83.3 Å². The summed E-state index contributed by atoms with van der Waals surface area (Å²) >= 11 is 3.57. The maximum absolute atomic E-state index is 3.59. The van der Waals surface area contributed by atoms with Gasteiger partial charge < -0.3 is 4.98 Å². The van der Waals surface area contributed by atoms with Gasteiger partial charge in [0.1, 0.15) is 0 Å². The predicted octanol–water partition coefficient (Wildman–Crippen LogP) is 6.90. The number of aromatic amines is 1. The van der Waals surface area contributed by atoms with Crippen LogP contribution >= 0.6 is 15.9 Å². The van der Waals surface area contributed by atoms with Crippen LogP contribution in [-0.2, 0) is 0 Å². The molecule has 0 unspecified atom stereocenters. The fraction of sp³-hybridized carbons (Fsp3) is 0. The molecule has 1 nitrogen and oxygen atoms in total. The lowest BCUT2D eigenvalue weighted by Crippen LogP contribution is -1.83. The first kappa shape index (κ1) is 13.8. The molecular formula is C22H14BrN. The van der Waals surface area contributed by atoms with E-state index in [1.807, 2.05) is 0 Å². The smallest absolute Gasteiger partial charge is 0.0477 e. The summed E-state index contributed by atoms with van der Waals surface area (Å²) in [5.41, 5.74) is 4.86. The standard InChI is InChI=1S/C22H14BrN/c23-15-10-11-18-20(12-15)24-21-13-19(14-6-2-1-3-7-14)16-8-4-5-9-17(16)22(18)21/h1-13,24H. The van der Waals surface area contributed by atoms with Crippen molar-refractivity contribution >= 4 is 48.5 Å². The Labute approximate surface area is 148 Å². The Morgan fingerprint density at radius 3 is 2.21 bits per heavy atom. The topological polar surface area (TPSA) is 15.8 Å². The van der Waals surface area contributed by atoms with E-state index in [1.54, 1.807) is 0 Å². The maximum atomic E-state index is 3.59. The van der Waals surface area contributed by atoms with Crippen molar-refractivity contribution in [1.29, 1.82) is 0 Å². The number of rotatable bonds is 1. The molecule has 0 saturated carbocycles. The summed E-state index contributed by atoms with van der Waals surface area (Å²) in [5.74, 6) is 0. The van der Waals surface area contributed by atoms with E-state index < -0.39 is 0 Å². The van der Waals surface area contributed by atoms with E-state index in [-0.39, 0.29) is 0 Å². The van der Waals surface area contributed by atoms with Crippen LogP contribution in [-0.4, -0.2) is 4.98 Å². The Kier molecular flexibility index (Phi) is 3.00. The third kappa shape index (κ3) is 2.00. The summed E-state index contributed by atoms with van der Waals surface area (Å²) in [7, 11) is 0. The molecule has 5 aromatic rings. The highest BCUT2D eigenvalue weighted by Gasteiger charge is 2.12. The molecule has 0 amide bonds. The first-order chi connectivity index (χ1) is 11.8. The molecule has 0 aliphatic heterocycles. The second-order valence-corrected chi connectivity index (χ2v) is 6.99. The lowest BCUT2D eigenvalue weighted by Gasteiger charge is -2.09. The van der Waals surface area contributed by atoms with Crippen molar-refractivity contribution in [2.24, 2.45) is 0 Å². The summed E-state index contributed by atoms with van der Waals surface area (Å²) in [6.07, 6.45) is 0. The second-order valence-electron chi connectivity index (χ2n) is 6.07. The Bertz CT molecular complexity index is 1200. The van der Waals surface area contributed by atoms with E-state index in [1.165, 1.54) is 38.2 Å². The first-order valence-corrected chi connectivity index (χ1v) is 8.79. The summed E-state index contributed by atoms with van der Waals surface area (Å²) in [6.45, 7) is 0. The van der Waals surface area contributed by atoms with E-state index in [4.69, 9.17) is 0 Å². The number of H-pyrrole nitrogens is 1. The molecule has 24 heavy (non-hydrogen) atoms. The van der Waals surface area contributed by atoms with Gasteiger partial charge in [0.15, 0.2) is 0 Å². The van der Waals surface area contributed by atoms with Crippen LogP contribution < -0.4 is 0 Å². The van der Waals surface area contributed by atoms with Gasteiger partial charge in [0.05, 0.1) is 0 Å². The van der Waals surface area contributed by atoms with E-state index in [0.717, 1.165) is 9.99 Å². The molecule has 4 aromatic carbocycles. The minimum atomic E-state index is 1.09. The van der Waals surface area contributed by atoms with Gasteiger partial charge >= 0.3 is 0 Å². The molecule has 0 bridgehead atoms. The molecule has 0 radical (unpaired) electrons. The van der Waals surface area contributed by atoms with Crippen molar-refractivity contribution in [2.75, 3.05) is 0 Å². The average molecular weight is 372 g/mol. The van der Waals surface area contributed by atoms with Crippen LogP contribution in [0.2, 0.25) is 0 Å². The highest BCUT2D eigenvalue weighted by molar-refractivity contribution is 9.10. The van der Waals surface area contributed by atoms with Gasteiger partial charge in [-0.15, -0.1) is 0 Å². The van der Waals surface area contributed by atoms with Crippen LogP contribution in [0.4, 0.5) is 0 Å². The number of nitrogens with one attached hydrogen (secondary N) is 1. The van der Waals surface area contributed by atoms with Crippen molar-refractivity contribution in [3.8, 4) is 11.1 Å². The quantitative estimate of drug-likeness (QED) is 0.329. The fourth-order valence-electron chi connectivity index (χ4n) is 3.60.